The molecule has 1 aliphatic rings. The maximum absolute atomic E-state index is 10.7. The lowest BCUT2D eigenvalue weighted by Gasteiger charge is -2.28. The molecule has 0 aliphatic heterocycles. The minimum Gasteiger partial charge on any atom is -0.480 e. The van der Waals surface area contributed by atoms with Gasteiger partial charge in [-0.1, -0.05) is 61.0 Å². The highest BCUT2D eigenvalue weighted by molar-refractivity contribution is 6.30. The van der Waals surface area contributed by atoms with Gasteiger partial charge in [0.1, 0.15) is 12.3 Å². The molecule has 0 unspecified atom stereocenters. The molecule has 1 saturated carbocycles. The summed E-state index contributed by atoms with van der Waals surface area (Å²) in [4.78, 5) is 10.7. The number of aromatic nitrogens is 2. The van der Waals surface area contributed by atoms with E-state index in [9.17, 15) is 4.79 Å². The summed E-state index contributed by atoms with van der Waals surface area (Å²) in [6, 6.07) is 18.4. The number of hydrogen-bond acceptors (Lipinski definition) is 3. The van der Waals surface area contributed by atoms with Gasteiger partial charge in [0.2, 0.25) is 0 Å². The zero-order chi connectivity index (χ0) is 23.2. The molecule has 174 valence electrons. The molecule has 1 aromatic heterocycles. The first kappa shape index (κ1) is 23.5. The van der Waals surface area contributed by atoms with Gasteiger partial charge in [-0.2, -0.15) is 5.10 Å². The molecule has 3 aromatic rings. The molecule has 5 nitrogen and oxygen atoms in total. The fraction of sp³-hybridized carbons (Fsp3) is 0.407. The Morgan fingerprint density at radius 3 is 2.33 bits per heavy atom. The number of halogens is 1. The summed E-state index contributed by atoms with van der Waals surface area (Å²) in [7, 11) is 0. The van der Waals surface area contributed by atoms with Crippen molar-refractivity contribution < 1.29 is 14.6 Å². The fourth-order valence-electron chi connectivity index (χ4n) is 4.86. The van der Waals surface area contributed by atoms with Crippen LogP contribution < -0.4 is 0 Å². The highest BCUT2D eigenvalue weighted by Gasteiger charge is 2.25. The first-order valence-electron chi connectivity index (χ1n) is 11.8. The van der Waals surface area contributed by atoms with Crippen LogP contribution in [-0.4, -0.2) is 34.1 Å². The van der Waals surface area contributed by atoms with Gasteiger partial charge in [0, 0.05) is 28.4 Å². The van der Waals surface area contributed by atoms with Gasteiger partial charge in [0.25, 0.3) is 0 Å². The van der Waals surface area contributed by atoms with E-state index >= 15 is 0 Å². The first-order valence-corrected chi connectivity index (χ1v) is 12.1. The lowest BCUT2D eigenvalue weighted by atomic mass is 9.82. The molecule has 0 saturated heterocycles. The number of carbonyl (C=O) groups is 1. The Kier molecular flexibility index (Phi) is 7.84. The van der Waals surface area contributed by atoms with Crippen molar-refractivity contribution in [1.29, 1.82) is 0 Å². The van der Waals surface area contributed by atoms with Crippen molar-refractivity contribution in [1.82, 2.24) is 9.78 Å². The summed E-state index contributed by atoms with van der Waals surface area (Å²) >= 11 is 6.14. The monoisotopic (exact) mass is 466 g/mol. The van der Waals surface area contributed by atoms with Crippen molar-refractivity contribution in [3.8, 4) is 22.4 Å². The molecule has 0 radical (unpaired) electrons. The predicted octanol–water partition coefficient (Wildman–Crippen LogP) is 6.34. The Balaban J connectivity index is 1.55. The lowest BCUT2D eigenvalue weighted by Crippen LogP contribution is -2.23. The zero-order valence-corrected chi connectivity index (χ0v) is 19.8. The number of ether oxygens (including phenoxy) is 1. The van der Waals surface area contributed by atoms with Crippen LogP contribution in [0.1, 0.15) is 38.3 Å². The third kappa shape index (κ3) is 5.84. The molecule has 0 atom stereocenters. The van der Waals surface area contributed by atoms with Gasteiger partial charge in [0.05, 0.1) is 6.61 Å². The minimum absolute atomic E-state index is 0.206. The van der Waals surface area contributed by atoms with Crippen LogP contribution in [0.3, 0.4) is 0 Å². The number of nitrogens with zero attached hydrogens (tertiary/aromatic N) is 2. The molecule has 1 heterocycles. The van der Waals surface area contributed by atoms with Crippen molar-refractivity contribution in [2.45, 2.75) is 45.6 Å². The Labute approximate surface area is 200 Å². The first-order chi connectivity index (χ1) is 16.0. The van der Waals surface area contributed by atoms with E-state index < -0.39 is 5.97 Å². The van der Waals surface area contributed by atoms with Crippen LogP contribution in [0.2, 0.25) is 5.02 Å². The second kappa shape index (κ2) is 11.0. The number of carboxylic acid groups (broad SMARTS) is 1. The summed E-state index contributed by atoms with van der Waals surface area (Å²) in [5.74, 6) is 0.112. The number of carboxylic acids is 1. The second-order valence-corrected chi connectivity index (χ2v) is 9.31. The van der Waals surface area contributed by atoms with Crippen molar-refractivity contribution >= 4 is 17.6 Å². The van der Waals surface area contributed by atoms with Crippen LogP contribution in [0.5, 0.6) is 0 Å². The van der Waals surface area contributed by atoms with Crippen LogP contribution in [0.15, 0.2) is 54.6 Å². The largest absolute Gasteiger partial charge is 0.480 e. The van der Waals surface area contributed by atoms with Crippen molar-refractivity contribution in [3.05, 3.63) is 65.3 Å². The van der Waals surface area contributed by atoms with E-state index in [0.717, 1.165) is 54.9 Å². The molecule has 33 heavy (non-hydrogen) atoms. The highest BCUT2D eigenvalue weighted by Crippen LogP contribution is 2.37. The van der Waals surface area contributed by atoms with Crippen LogP contribution >= 0.6 is 11.6 Å². The smallest absolute Gasteiger partial charge is 0.329 e. The fourth-order valence-corrected chi connectivity index (χ4v) is 4.99. The number of aliphatic carboxylic acids is 1. The minimum atomic E-state index is -0.903. The summed E-state index contributed by atoms with van der Waals surface area (Å²) in [6.45, 7) is 3.43. The quantitative estimate of drug-likeness (QED) is 0.399. The molecule has 1 aliphatic carbocycles. The summed E-state index contributed by atoms with van der Waals surface area (Å²) < 4.78 is 7.54. The van der Waals surface area contributed by atoms with Crippen LogP contribution in [-0.2, 0) is 22.5 Å². The third-order valence-electron chi connectivity index (χ3n) is 6.55. The van der Waals surface area contributed by atoms with Gasteiger partial charge in [-0.15, -0.1) is 0 Å². The number of benzene rings is 2. The van der Waals surface area contributed by atoms with E-state index in [2.05, 4.69) is 35.9 Å². The van der Waals surface area contributed by atoms with E-state index in [4.69, 9.17) is 26.5 Å². The van der Waals surface area contributed by atoms with Gasteiger partial charge in [-0.3, -0.25) is 4.68 Å². The topological polar surface area (TPSA) is 64.4 Å². The molecule has 2 aromatic carbocycles. The highest BCUT2D eigenvalue weighted by atomic mass is 35.5. The van der Waals surface area contributed by atoms with E-state index in [-0.39, 0.29) is 6.61 Å². The van der Waals surface area contributed by atoms with Gasteiger partial charge in [-0.25, -0.2) is 4.79 Å². The summed E-state index contributed by atoms with van der Waals surface area (Å²) in [5, 5.41) is 14.6. The molecule has 6 heteroatoms. The number of rotatable bonds is 9. The molecule has 4 rings (SSSR count). The maximum Gasteiger partial charge on any atom is 0.329 e. The van der Waals surface area contributed by atoms with Crippen molar-refractivity contribution in [2.75, 3.05) is 13.2 Å². The third-order valence-corrected chi connectivity index (χ3v) is 6.80. The van der Waals surface area contributed by atoms with E-state index in [0.29, 0.717) is 18.4 Å². The molecule has 0 amide bonds. The second-order valence-electron chi connectivity index (χ2n) is 8.87. The summed E-state index contributed by atoms with van der Waals surface area (Å²) in [5.41, 5.74) is 5.73. The molecular weight excluding hydrogens is 436 g/mol. The van der Waals surface area contributed by atoms with E-state index in [1.807, 2.05) is 30.3 Å². The Morgan fingerprint density at radius 1 is 1.03 bits per heavy atom. The Hall–Kier alpha value is -2.63. The van der Waals surface area contributed by atoms with Crippen LogP contribution in [0.4, 0.5) is 0 Å². The van der Waals surface area contributed by atoms with E-state index in [1.165, 1.54) is 16.8 Å². The normalized spacial score (nSPS) is 18.4. The molecule has 1 fully saturated rings. The SMILES string of the molecule is CCc1c(-c2ccccc2)c(-c2ccc(Cl)cc2)nn1C[C@H]1CC[C@H](COCC(=O)O)CC1. The molecule has 0 bridgehead atoms. The Morgan fingerprint density at radius 2 is 1.70 bits per heavy atom. The average molecular weight is 467 g/mol. The van der Waals surface area contributed by atoms with E-state index in [1.54, 1.807) is 0 Å². The van der Waals surface area contributed by atoms with Gasteiger partial charge in [-0.05, 0) is 61.6 Å². The maximum atomic E-state index is 10.7. The zero-order valence-electron chi connectivity index (χ0n) is 19.0. The Bertz CT molecular complexity index is 1050. The standard InChI is InChI=1S/C27H31ClN2O3/c1-2-24-26(21-6-4-3-5-7-21)27(22-12-14-23(28)15-13-22)29-30(24)16-19-8-10-20(11-9-19)17-33-18-25(31)32/h3-7,12-15,19-20H,2,8-11,16-18H2,1H3,(H,31,32)/t19-,20-. The molecule has 1 N–H and O–H groups in total. The van der Waals surface area contributed by atoms with Crippen LogP contribution in [0, 0.1) is 11.8 Å². The molecular formula is C27H31ClN2O3. The van der Waals surface area contributed by atoms with Gasteiger partial charge in [0.15, 0.2) is 0 Å². The molecule has 0 spiro atoms. The number of hydrogen-bond donors (Lipinski definition) is 1. The van der Waals surface area contributed by atoms with Crippen molar-refractivity contribution in [2.24, 2.45) is 11.8 Å². The van der Waals surface area contributed by atoms with Crippen LogP contribution in [0.25, 0.3) is 22.4 Å². The van der Waals surface area contributed by atoms with Crippen molar-refractivity contribution in [3.63, 3.8) is 0 Å². The average Bonchev–Trinajstić information content (AvgIpc) is 3.19. The summed E-state index contributed by atoms with van der Waals surface area (Å²) in [6.07, 6.45) is 5.27. The van der Waals surface area contributed by atoms with Gasteiger partial charge >= 0.3 is 5.97 Å². The predicted molar refractivity (Wildman–Crippen MR) is 131 cm³/mol. The lowest BCUT2D eigenvalue weighted by molar-refractivity contribution is -0.142. The van der Waals surface area contributed by atoms with Gasteiger partial charge < -0.3 is 9.84 Å².